The van der Waals surface area contributed by atoms with E-state index >= 15 is 0 Å². The molecule has 0 aliphatic heterocycles. The lowest BCUT2D eigenvalue weighted by molar-refractivity contribution is -0.115. The van der Waals surface area contributed by atoms with Gasteiger partial charge in [-0.1, -0.05) is 35.5 Å². The second-order valence-corrected chi connectivity index (χ2v) is 7.21. The van der Waals surface area contributed by atoms with Gasteiger partial charge in [0.25, 0.3) is 5.22 Å². The lowest BCUT2D eigenvalue weighted by Crippen LogP contribution is -2.22. The maximum Gasteiger partial charge on any atom is 0.257 e. The normalized spacial score (nSPS) is 12.1. The SMILES string of the molecule is CC(=O)c1cccc(NC(=O)[C@H](C)Sc2nc3ccc(Cl)cc3o2)c1. The van der Waals surface area contributed by atoms with Gasteiger partial charge < -0.3 is 9.73 Å². The average molecular weight is 375 g/mol. The van der Waals surface area contributed by atoms with Crippen LogP contribution in [0.5, 0.6) is 0 Å². The molecule has 128 valence electrons. The minimum atomic E-state index is -0.426. The molecule has 0 radical (unpaired) electrons. The number of carbonyl (C=O) groups excluding carboxylic acids is 2. The van der Waals surface area contributed by atoms with Crippen molar-refractivity contribution in [1.82, 2.24) is 4.98 Å². The van der Waals surface area contributed by atoms with E-state index in [4.69, 9.17) is 16.0 Å². The first-order chi connectivity index (χ1) is 11.9. The van der Waals surface area contributed by atoms with Crippen LogP contribution in [0.2, 0.25) is 5.02 Å². The molecule has 0 aliphatic carbocycles. The van der Waals surface area contributed by atoms with Gasteiger partial charge in [0.05, 0.1) is 5.25 Å². The first kappa shape index (κ1) is 17.5. The maximum absolute atomic E-state index is 12.4. The van der Waals surface area contributed by atoms with Crippen LogP contribution in [0, 0.1) is 0 Å². The van der Waals surface area contributed by atoms with E-state index in [0.29, 0.717) is 32.6 Å². The molecule has 7 heteroatoms. The number of oxazole rings is 1. The minimum absolute atomic E-state index is 0.0522. The summed E-state index contributed by atoms with van der Waals surface area (Å²) in [7, 11) is 0. The lowest BCUT2D eigenvalue weighted by atomic mass is 10.1. The molecule has 0 saturated carbocycles. The number of rotatable bonds is 5. The Morgan fingerprint density at radius 2 is 2.04 bits per heavy atom. The van der Waals surface area contributed by atoms with Crippen LogP contribution in [0.1, 0.15) is 24.2 Å². The van der Waals surface area contributed by atoms with Crippen LogP contribution in [0.4, 0.5) is 5.69 Å². The highest BCUT2D eigenvalue weighted by molar-refractivity contribution is 8.00. The summed E-state index contributed by atoms with van der Waals surface area (Å²) in [6, 6.07) is 12.0. The van der Waals surface area contributed by atoms with Crippen molar-refractivity contribution in [3.8, 4) is 0 Å². The molecule has 1 atom stereocenters. The molecule has 3 aromatic rings. The molecule has 1 amide bonds. The highest BCUT2D eigenvalue weighted by Gasteiger charge is 2.18. The van der Waals surface area contributed by atoms with Crippen molar-refractivity contribution in [3.63, 3.8) is 0 Å². The van der Waals surface area contributed by atoms with Crippen LogP contribution < -0.4 is 5.32 Å². The number of anilines is 1. The molecule has 0 saturated heterocycles. The Hall–Kier alpha value is -2.31. The molecule has 25 heavy (non-hydrogen) atoms. The maximum atomic E-state index is 12.4. The quantitative estimate of drug-likeness (QED) is 0.512. The largest absolute Gasteiger partial charge is 0.431 e. The third-order valence-electron chi connectivity index (χ3n) is 3.51. The number of thioether (sulfide) groups is 1. The summed E-state index contributed by atoms with van der Waals surface area (Å²) in [5, 5.41) is 3.34. The van der Waals surface area contributed by atoms with Gasteiger partial charge in [-0.05, 0) is 38.1 Å². The zero-order valence-corrected chi connectivity index (χ0v) is 15.1. The van der Waals surface area contributed by atoms with Crippen LogP contribution in [0.25, 0.3) is 11.1 Å². The Bertz CT molecular complexity index is 954. The van der Waals surface area contributed by atoms with E-state index in [0.717, 1.165) is 0 Å². The molecule has 0 bridgehead atoms. The molecule has 1 N–H and O–H groups in total. The number of fused-ring (bicyclic) bond motifs is 1. The molecule has 0 spiro atoms. The second-order valence-electron chi connectivity index (χ2n) is 5.48. The van der Waals surface area contributed by atoms with Crippen molar-refractivity contribution in [2.24, 2.45) is 0 Å². The predicted octanol–water partition coefficient (Wildman–Crippen LogP) is 4.80. The van der Waals surface area contributed by atoms with Gasteiger partial charge in [0.1, 0.15) is 5.52 Å². The lowest BCUT2D eigenvalue weighted by Gasteiger charge is -2.10. The van der Waals surface area contributed by atoms with Crippen molar-refractivity contribution >= 4 is 51.8 Å². The Balaban J connectivity index is 1.69. The number of hydrogen-bond acceptors (Lipinski definition) is 5. The van der Waals surface area contributed by atoms with Crippen molar-refractivity contribution in [2.75, 3.05) is 5.32 Å². The summed E-state index contributed by atoms with van der Waals surface area (Å²) in [6.07, 6.45) is 0. The van der Waals surface area contributed by atoms with Gasteiger partial charge in [0.15, 0.2) is 11.4 Å². The average Bonchev–Trinajstić information content (AvgIpc) is 2.96. The van der Waals surface area contributed by atoms with Crippen molar-refractivity contribution < 1.29 is 14.0 Å². The molecular weight excluding hydrogens is 360 g/mol. The third kappa shape index (κ3) is 4.21. The smallest absolute Gasteiger partial charge is 0.257 e. The molecular formula is C18H15ClN2O3S. The summed E-state index contributed by atoms with van der Waals surface area (Å²) in [6.45, 7) is 3.25. The molecule has 0 unspecified atom stereocenters. The van der Waals surface area contributed by atoms with E-state index in [1.165, 1.54) is 18.7 Å². The fourth-order valence-corrected chi connectivity index (χ4v) is 3.11. The number of Topliss-reactive ketones (excluding diaryl/α,β-unsaturated/α-hetero) is 1. The molecule has 0 aliphatic rings. The molecule has 1 aromatic heterocycles. The van der Waals surface area contributed by atoms with Crippen LogP contribution in [0.3, 0.4) is 0 Å². The number of nitrogens with zero attached hydrogens (tertiary/aromatic N) is 1. The van der Waals surface area contributed by atoms with Crippen LogP contribution in [0.15, 0.2) is 52.1 Å². The van der Waals surface area contributed by atoms with E-state index < -0.39 is 5.25 Å². The molecule has 3 rings (SSSR count). The van der Waals surface area contributed by atoms with Crippen LogP contribution in [-0.4, -0.2) is 21.9 Å². The number of ketones is 1. The van der Waals surface area contributed by atoms with Gasteiger partial charge >= 0.3 is 0 Å². The van der Waals surface area contributed by atoms with Gasteiger partial charge in [-0.3, -0.25) is 9.59 Å². The Morgan fingerprint density at radius 1 is 1.24 bits per heavy atom. The standard InChI is InChI=1S/C18H15ClN2O3S/c1-10(22)12-4-3-5-14(8-12)20-17(23)11(2)25-18-21-15-7-6-13(19)9-16(15)24-18/h3-9,11H,1-2H3,(H,20,23)/t11-/m0/s1. The van der Waals surface area contributed by atoms with E-state index in [1.54, 1.807) is 49.4 Å². The van der Waals surface area contributed by atoms with Gasteiger partial charge in [-0.2, -0.15) is 0 Å². The first-order valence-electron chi connectivity index (χ1n) is 7.57. The van der Waals surface area contributed by atoms with E-state index in [-0.39, 0.29) is 11.7 Å². The fourth-order valence-electron chi connectivity index (χ4n) is 2.19. The van der Waals surface area contributed by atoms with E-state index in [1.807, 2.05) is 0 Å². The Morgan fingerprint density at radius 3 is 2.80 bits per heavy atom. The second kappa shape index (κ2) is 7.29. The van der Waals surface area contributed by atoms with Gasteiger partial charge in [0.2, 0.25) is 5.91 Å². The Labute approximate surface area is 153 Å². The van der Waals surface area contributed by atoms with Gasteiger partial charge in [-0.15, -0.1) is 0 Å². The van der Waals surface area contributed by atoms with Crippen LogP contribution in [-0.2, 0) is 4.79 Å². The number of hydrogen-bond donors (Lipinski definition) is 1. The van der Waals surface area contributed by atoms with Crippen LogP contribution >= 0.6 is 23.4 Å². The highest BCUT2D eigenvalue weighted by atomic mass is 35.5. The van der Waals surface area contributed by atoms with E-state index in [2.05, 4.69) is 10.3 Å². The summed E-state index contributed by atoms with van der Waals surface area (Å²) in [4.78, 5) is 28.1. The summed E-state index contributed by atoms with van der Waals surface area (Å²) in [5.74, 6) is -0.255. The van der Waals surface area contributed by atoms with Gasteiger partial charge in [0, 0.05) is 22.3 Å². The van der Waals surface area contributed by atoms with E-state index in [9.17, 15) is 9.59 Å². The summed E-state index contributed by atoms with van der Waals surface area (Å²) in [5.41, 5.74) is 2.40. The number of nitrogens with one attached hydrogen (secondary N) is 1. The Kier molecular flexibility index (Phi) is 5.11. The zero-order chi connectivity index (χ0) is 18.0. The number of benzene rings is 2. The van der Waals surface area contributed by atoms with Gasteiger partial charge in [-0.25, -0.2) is 4.98 Å². The molecule has 2 aromatic carbocycles. The molecule has 0 fully saturated rings. The topological polar surface area (TPSA) is 72.2 Å². The van der Waals surface area contributed by atoms with Crippen molar-refractivity contribution in [3.05, 3.63) is 53.1 Å². The molecule has 1 heterocycles. The monoisotopic (exact) mass is 374 g/mol. The zero-order valence-electron chi connectivity index (χ0n) is 13.6. The number of halogens is 1. The highest BCUT2D eigenvalue weighted by Crippen LogP contribution is 2.28. The van der Waals surface area contributed by atoms with Crippen molar-refractivity contribution in [1.29, 1.82) is 0 Å². The van der Waals surface area contributed by atoms with Crippen molar-refractivity contribution in [2.45, 2.75) is 24.3 Å². The third-order valence-corrected chi connectivity index (χ3v) is 4.69. The number of carbonyl (C=O) groups is 2. The fraction of sp³-hybridized carbons (Fsp3) is 0.167. The number of amides is 1. The molecule has 5 nitrogen and oxygen atoms in total. The summed E-state index contributed by atoms with van der Waals surface area (Å²) < 4.78 is 5.61. The predicted molar refractivity (Wildman–Crippen MR) is 99.4 cm³/mol. The number of aromatic nitrogens is 1. The first-order valence-corrected chi connectivity index (χ1v) is 8.83. The minimum Gasteiger partial charge on any atom is -0.431 e. The summed E-state index contributed by atoms with van der Waals surface area (Å²) >= 11 is 7.14.